The van der Waals surface area contributed by atoms with Crippen LogP contribution in [0.4, 0.5) is 4.79 Å². The number of aryl methyl sites for hydroxylation is 1. The van der Waals surface area contributed by atoms with Gasteiger partial charge in [0, 0.05) is 12.1 Å². The van der Waals surface area contributed by atoms with E-state index in [0.29, 0.717) is 22.9 Å². The van der Waals surface area contributed by atoms with E-state index in [2.05, 4.69) is 5.32 Å². The molecule has 0 spiro atoms. The van der Waals surface area contributed by atoms with E-state index in [1.54, 1.807) is 44.3 Å². The van der Waals surface area contributed by atoms with Crippen molar-refractivity contribution in [2.45, 2.75) is 19.4 Å². The predicted octanol–water partition coefficient (Wildman–Crippen LogP) is 2.95. The number of carbonyl (C=O) groups excluding carboxylic acids is 3. The van der Waals surface area contributed by atoms with Crippen molar-refractivity contribution in [1.29, 1.82) is 0 Å². The van der Waals surface area contributed by atoms with E-state index in [-0.39, 0.29) is 19.1 Å². The molecule has 30 heavy (non-hydrogen) atoms. The first-order chi connectivity index (χ1) is 14.2. The summed E-state index contributed by atoms with van der Waals surface area (Å²) in [6.07, 6.45) is 0. The number of urea groups is 1. The second kappa shape index (κ2) is 8.75. The molecule has 1 aliphatic rings. The molecule has 8 heteroatoms. The van der Waals surface area contributed by atoms with Gasteiger partial charge in [0.15, 0.2) is 0 Å². The van der Waals surface area contributed by atoms with Crippen molar-refractivity contribution in [1.82, 2.24) is 15.1 Å². The first-order valence-electron chi connectivity index (χ1n) is 9.55. The number of carbonyl (C=O) groups is 3. The number of benzene rings is 2. The first kappa shape index (κ1) is 21.6. The van der Waals surface area contributed by atoms with E-state index in [1.165, 1.54) is 4.90 Å². The number of hydrogen-bond donors (Lipinski definition) is 1. The molecule has 158 valence electrons. The third kappa shape index (κ3) is 4.41. The maximum atomic E-state index is 13.0. The minimum absolute atomic E-state index is 0.269. The van der Waals surface area contributed by atoms with Crippen LogP contribution in [-0.4, -0.2) is 54.4 Å². The minimum atomic E-state index is -1.20. The Kier molecular flexibility index (Phi) is 6.31. The number of hydrogen-bond acceptors (Lipinski definition) is 4. The Morgan fingerprint density at radius 3 is 2.50 bits per heavy atom. The molecule has 4 amide bonds. The van der Waals surface area contributed by atoms with Crippen molar-refractivity contribution < 1.29 is 19.1 Å². The molecule has 1 aliphatic heterocycles. The molecule has 0 bridgehead atoms. The summed E-state index contributed by atoms with van der Waals surface area (Å²) < 4.78 is 5.59. The summed E-state index contributed by atoms with van der Waals surface area (Å²) in [5.41, 5.74) is 0.403. The van der Waals surface area contributed by atoms with Gasteiger partial charge < -0.3 is 15.0 Å². The van der Waals surface area contributed by atoms with Crippen LogP contribution in [0, 0.1) is 6.92 Å². The number of rotatable bonds is 7. The molecule has 1 unspecified atom stereocenters. The fraction of sp³-hybridized carbons (Fsp3) is 0.318. The van der Waals surface area contributed by atoms with Crippen LogP contribution in [0.2, 0.25) is 5.02 Å². The van der Waals surface area contributed by atoms with Gasteiger partial charge in [-0.25, -0.2) is 4.79 Å². The van der Waals surface area contributed by atoms with Crippen molar-refractivity contribution >= 4 is 29.4 Å². The summed E-state index contributed by atoms with van der Waals surface area (Å²) in [7, 11) is 1.60. The van der Waals surface area contributed by atoms with Gasteiger partial charge >= 0.3 is 6.03 Å². The molecule has 1 N–H and O–H groups in total. The standard InChI is InChI=1S/C22H24ClN3O4/c1-15-6-4-5-7-18(15)22(2)20(28)26(21(29)24-22)14-19(27)25(3)12-13-30-17-10-8-16(23)9-11-17/h4-11H,12-14H2,1-3H3,(H,24,29). The molecule has 2 aromatic rings. The number of likely N-dealkylation sites (N-methyl/N-ethyl adjacent to an activating group) is 1. The van der Waals surface area contributed by atoms with E-state index in [4.69, 9.17) is 16.3 Å². The highest BCUT2D eigenvalue weighted by Crippen LogP contribution is 2.30. The van der Waals surface area contributed by atoms with Crippen LogP contribution >= 0.6 is 11.6 Å². The largest absolute Gasteiger partial charge is 0.492 e. The number of imide groups is 1. The average Bonchev–Trinajstić information content (AvgIpc) is 2.93. The number of ether oxygens (including phenoxy) is 1. The summed E-state index contributed by atoms with van der Waals surface area (Å²) in [6.45, 7) is 3.78. The van der Waals surface area contributed by atoms with Crippen LogP contribution < -0.4 is 10.1 Å². The number of nitrogens with one attached hydrogen (secondary N) is 1. The molecule has 7 nitrogen and oxygen atoms in total. The minimum Gasteiger partial charge on any atom is -0.492 e. The van der Waals surface area contributed by atoms with E-state index in [1.807, 2.05) is 25.1 Å². The Labute approximate surface area is 180 Å². The summed E-state index contributed by atoms with van der Waals surface area (Å²) >= 11 is 5.84. The number of halogens is 1. The Bertz CT molecular complexity index is 963. The predicted molar refractivity (Wildman–Crippen MR) is 113 cm³/mol. The lowest BCUT2D eigenvalue weighted by atomic mass is 9.88. The molecule has 1 fully saturated rings. The SMILES string of the molecule is Cc1ccccc1C1(C)NC(=O)N(CC(=O)N(C)CCOc2ccc(Cl)cc2)C1=O. The van der Waals surface area contributed by atoms with Gasteiger partial charge in [-0.05, 0) is 49.2 Å². The number of nitrogens with zero attached hydrogens (tertiary/aromatic N) is 2. The Balaban J connectivity index is 1.59. The quantitative estimate of drug-likeness (QED) is 0.686. The van der Waals surface area contributed by atoms with Gasteiger partial charge in [-0.3, -0.25) is 14.5 Å². The van der Waals surface area contributed by atoms with Crippen molar-refractivity contribution in [2.24, 2.45) is 0 Å². The van der Waals surface area contributed by atoms with Crippen LogP contribution in [0.25, 0.3) is 0 Å². The molecule has 2 aromatic carbocycles. The van der Waals surface area contributed by atoms with Gasteiger partial charge in [0.2, 0.25) is 5.91 Å². The fourth-order valence-corrected chi connectivity index (χ4v) is 3.49. The van der Waals surface area contributed by atoms with E-state index >= 15 is 0 Å². The molecule has 3 rings (SSSR count). The van der Waals surface area contributed by atoms with Gasteiger partial charge in [0.1, 0.15) is 24.4 Å². The number of amides is 4. The average molecular weight is 430 g/mol. The zero-order valence-electron chi connectivity index (χ0n) is 17.1. The van der Waals surface area contributed by atoms with Crippen LogP contribution in [0.3, 0.4) is 0 Å². The smallest absolute Gasteiger partial charge is 0.325 e. The molecule has 1 heterocycles. The van der Waals surface area contributed by atoms with Crippen LogP contribution in [0.5, 0.6) is 5.75 Å². The summed E-state index contributed by atoms with van der Waals surface area (Å²) in [6, 6.07) is 13.7. The Morgan fingerprint density at radius 2 is 1.83 bits per heavy atom. The van der Waals surface area contributed by atoms with Crippen molar-refractivity contribution in [2.75, 3.05) is 26.7 Å². The van der Waals surface area contributed by atoms with Crippen molar-refractivity contribution in [3.8, 4) is 5.75 Å². The second-order valence-electron chi connectivity index (χ2n) is 7.38. The topological polar surface area (TPSA) is 79.0 Å². The molecule has 1 atom stereocenters. The summed E-state index contributed by atoms with van der Waals surface area (Å²) in [5, 5.41) is 3.34. The molecule has 1 saturated heterocycles. The van der Waals surface area contributed by atoms with Crippen LogP contribution in [-0.2, 0) is 15.1 Å². The molecular formula is C22H24ClN3O4. The highest BCUT2D eigenvalue weighted by atomic mass is 35.5. The van der Waals surface area contributed by atoms with E-state index in [9.17, 15) is 14.4 Å². The van der Waals surface area contributed by atoms with Gasteiger partial charge in [-0.15, -0.1) is 0 Å². The molecule has 0 saturated carbocycles. The lowest BCUT2D eigenvalue weighted by Gasteiger charge is -2.24. The van der Waals surface area contributed by atoms with Crippen molar-refractivity contribution in [3.63, 3.8) is 0 Å². The maximum Gasteiger partial charge on any atom is 0.325 e. The van der Waals surface area contributed by atoms with Crippen LogP contribution in [0.1, 0.15) is 18.1 Å². The Hall–Kier alpha value is -3.06. The fourth-order valence-electron chi connectivity index (χ4n) is 3.37. The highest BCUT2D eigenvalue weighted by Gasteiger charge is 2.50. The van der Waals surface area contributed by atoms with E-state index in [0.717, 1.165) is 10.5 Å². The van der Waals surface area contributed by atoms with Gasteiger partial charge in [0.25, 0.3) is 5.91 Å². The van der Waals surface area contributed by atoms with Gasteiger partial charge in [-0.1, -0.05) is 35.9 Å². The zero-order chi connectivity index (χ0) is 21.9. The molecule has 0 aliphatic carbocycles. The Morgan fingerprint density at radius 1 is 1.17 bits per heavy atom. The second-order valence-corrected chi connectivity index (χ2v) is 7.82. The normalized spacial score (nSPS) is 18.3. The lowest BCUT2D eigenvalue weighted by Crippen LogP contribution is -2.44. The van der Waals surface area contributed by atoms with E-state index < -0.39 is 17.5 Å². The molecule has 0 aromatic heterocycles. The van der Waals surface area contributed by atoms with Crippen LogP contribution in [0.15, 0.2) is 48.5 Å². The molecular weight excluding hydrogens is 406 g/mol. The maximum absolute atomic E-state index is 13.0. The molecule has 0 radical (unpaired) electrons. The third-order valence-electron chi connectivity index (χ3n) is 5.19. The summed E-state index contributed by atoms with van der Waals surface area (Å²) in [4.78, 5) is 40.4. The van der Waals surface area contributed by atoms with Gasteiger partial charge in [0.05, 0.1) is 6.54 Å². The highest BCUT2D eigenvalue weighted by molar-refractivity contribution is 6.30. The van der Waals surface area contributed by atoms with Gasteiger partial charge in [-0.2, -0.15) is 0 Å². The first-order valence-corrected chi connectivity index (χ1v) is 9.92. The monoisotopic (exact) mass is 429 g/mol. The third-order valence-corrected chi connectivity index (χ3v) is 5.44. The summed E-state index contributed by atoms with van der Waals surface area (Å²) in [5.74, 6) is -0.156. The lowest BCUT2D eigenvalue weighted by molar-refractivity contribution is -0.138. The zero-order valence-corrected chi connectivity index (χ0v) is 17.9. The van der Waals surface area contributed by atoms with Crippen molar-refractivity contribution in [3.05, 3.63) is 64.7 Å².